The summed E-state index contributed by atoms with van der Waals surface area (Å²) in [6, 6.07) is -0.895. The number of hydrogen-bond donors (Lipinski definition) is 5. The molecule has 0 saturated carbocycles. The van der Waals surface area contributed by atoms with E-state index in [1.165, 1.54) is 11.8 Å². The topological polar surface area (TPSA) is 133 Å². The summed E-state index contributed by atoms with van der Waals surface area (Å²) in [7, 11) is 0. The van der Waals surface area contributed by atoms with Crippen LogP contribution >= 0.6 is 11.8 Å². The van der Waals surface area contributed by atoms with Crippen LogP contribution in [-0.4, -0.2) is 68.5 Å². The first-order valence-corrected chi connectivity index (χ1v) is 6.34. The zero-order valence-corrected chi connectivity index (χ0v) is 9.92. The maximum absolute atomic E-state index is 10.4. The van der Waals surface area contributed by atoms with E-state index in [1.54, 1.807) is 0 Å². The maximum Gasteiger partial charge on any atom is 0.320 e. The molecule has 1 fully saturated rings. The number of aliphatic hydroxyl groups excluding tert-OH is 3. The highest BCUT2D eigenvalue weighted by atomic mass is 32.2. The van der Waals surface area contributed by atoms with Crippen LogP contribution < -0.4 is 5.73 Å². The van der Waals surface area contributed by atoms with Crippen LogP contribution in [0.4, 0.5) is 0 Å². The molecule has 100 valence electrons. The molecule has 5 atom stereocenters. The molecule has 0 aliphatic carbocycles. The second kappa shape index (κ2) is 6.53. The zero-order chi connectivity index (χ0) is 13.0. The Kier molecular flexibility index (Phi) is 5.63. The molecule has 0 radical (unpaired) electrons. The third kappa shape index (κ3) is 4.09. The van der Waals surface area contributed by atoms with Crippen molar-refractivity contribution < 1.29 is 30.0 Å². The van der Waals surface area contributed by atoms with Crippen LogP contribution in [0.5, 0.6) is 0 Å². The largest absolute Gasteiger partial charge is 0.480 e. The van der Waals surface area contributed by atoms with Gasteiger partial charge >= 0.3 is 5.97 Å². The predicted molar refractivity (Wildman–Crippen MR) is 60.4 cm³/mol. The third-order valence-electron chi connectivity index (χ3n) is 2.51. The Hall–Kier alpha value is -0.380. The van der Waals surface area contributed by atoms with Crippen LogP contribution in [0.3, 0.4) is 0 Å². The summed E-state index contributed by atoms with van der Waals surface area (Å²) in [5, 5.41) is 36.3. The molecule has 1 aliphatic rings. The van der Waals surface area contributed by atoms with Crippen molar-refractivity contribution in [3.63, 3.8) is 0 Å². The summed E-state index contributed by atoms with van der Waals surface area (Å²) in [4.78, 5) is 10.4. The second-order valence-electron chi connectivity index (χ2n) is 3.85. The minimum Gasteiger partial charge on any atom is -0.480 e. The highest BCUT2D eigenvalue weighted by molar-refractivity contribution is 7.99. The van der Waals surface area contributed by atoms with E-state index in [1.807, 2.05) is 0 Å². The number of carbonyl (C=O) groups is 1. The average molecular weight is 267 g/mol. The van der Waals surface area contributed by atoms with Gasteiger partial charge in [-0.05, 0) is 12.2 Å². The molecule has 8 heteroatoms. The Morgan fingerprint density at radius 3 is 2.47 bits per heavy atom. The van der Waals surface area contributed by atoms with Gasteiger partial charge in [-0.1, -0.05) is 0 Å². The number of aliphatic carboxylic acids is 1. The monoisotopic (exact) mass is 267 g/mol. The molecule has 6 N–H and O–H groups in total. The fourth-order valence-corrected chi connectivity index (χ4v) is 2.50. The molecule has 1 saturated heterocycles. The summed E-state index contributed by atoms with van der Waals surface area (Å²) >= 11 is 1.35. The minimum absolute atomic E-state index is 0.313. The maximum atomic E-state index is 10.4. The van der Waals surface area contributed by atoms with Crippen LogP contribution in [0.2, 0.25) is 0 Å². The van der Waals surface area contributed by atoms with Crippen molar-refractivity contribution in [2.75, 3.05) is 11.5 Å². The number of ether oxygens (including phenoxy) is 1. The number of thioether (sulfide) groups is 1. The Morgan fingerprint density at radius 2 is 2.00 bits per heavy atom. The molecule has 0 bridgehead atoms. The van der Waals surface area contributed by atoms with Crippen molar-refractivity contribution >= 4 is 17.7 Å². The smallest absolute Gasteiger partial charge is 0.320 e. The van der Waals surface area contributed by atoms with Gasteiger partial charge < -0.3 is 30.9 Å². The highest BCUT2D eigenvalue weighted by Gasteiger charge is 2.41. The van der Waals surface area contributed by atoms with Crippen molar-refractivity contribution in [1.82, 2.24) is 0 Å². The molecular weight excluding hydrogens is 250 g/mol. The molecule has 17 heavy (non-hydrogen) atoms. The van der Waals surface area contributed by atoms with Crippen molar-refractivity contribution in [1.29, 1.82) is 0 Å². The van der Waals surface area contributed by atoms with E-state index in [9.17, 15) is 15.0 Å². The Labute approximate surface area is 103 Å². The summed E-state index contributed by atoms with van der Waals surface area (Å²) in [6.07, 6.45) is -4.11. The first kappa shape index (κ1) is 14.7. The first-order valence-electron chi connectivity index (χ1n) is 5.19. The Morgan fingerprint density at radius 1 is 1.35 bits per heavy atom. The van der Waals surface area contributed by atoms with E-state index in [0.717, 1.165) is 0 Å². The third-order valence-corrected chi connectivity index (χ3v) is 3.60. The summed E-state index contributed by atoms with van der Waals surface area (Å²) in [5.41, 5.74) is 5.31. The van der Waals surface area contributed by atoms with Gasteiger partial charge in [0.1, 0.15) is 18.2 Å². The van der Waals surface area contributed by atoms with Gasteiger partial charge in [-0.25, -0.2) is 0 Å². The number of aliphatic hydroxyl groups is 3. The summed E-state index contributed by atoms with van der Waals surface area (Å²) in [5.74, 6) is -0.179. The van der Waals surface area contributed by atoms with Crippen molar-refractivity contribution in [3.05, 3.63) is 0 Å². The van der Waals surface area contributed by atoms with Gasteiger partial charge in [-0.15, -0.1) is 0 Å². The molecule has 0 spiro atoms. The van der Waals surface area contributed by atoms with Gasteiger partial charge in [-0.2, -0.15) is 11.8 Å². The van der Waals surface area contributed by atoms with Gasteiger partial charge in [0.2, 0.25) is 0 Å². The molecule has 1 heterocycles. The van der Waals surface area contributed by atoms with Crippen molar-refractivity contribution in [2.24, 2.45) is 5.73 Å². The molecule has 0 aromatic carbocycles. The van der Waals surface area contributed by atoms with Crippen LogP contribution in [0.1, 0.15) is 6.42 Å². The molecule has 1 aliphatic heterocycles. The highest BCUT2D eigenvalue weighted by Crippen LogP contribution is 2.23. The quantitative estimate of drug-likeness (QED) is 0.348. The summed E-state index contributed by atoms with van der Waals surface area (Å²) < 4.78 is 4.93. The van der Waals surface area contributed by atoms with E-state index >= 15 is 0 Å². The molecule has 0 amide bonds. The molecule has 7 nitrogen and oxygen atoms in total. The van der Waals surface area contributed by atoms with Gasteiger partial charge in [0, 0.05) is 5.75 Å². The summed E-state index contributed by atoms with van der Waals surface area (Å²) in [6.45, 7) is 0. The lowest BCUT2D eigenvalue weighted by Gasteiger charge is -2.14. The van der Waals surface area contributed by atoms with Gasteiger partial charge in [0.05, 0.1) is 6.10 Å². The lowest BCUT2D eigenvalue weighted by Crippen LogP contribution is -2.33. The van der Waals surface area contributed by atoms with Crippen molar-refractivity contribution in [2.45, 2.75) is 37.1 Å². The van der Waals surface area contributed by atoms with Crippen LogP contribution in [0, 0.1) is 0 Å². The lowest BCUT2D eigenvalue weighted by atomic mass is 10.2. The number of nitrogens with two attached hydrogens (primary N) is 1. The number of hydrogen-bond acceptors (Lipinski definition) is 7. The van der Waals surface area contributed by atoms with Gasteiger partial charge in [0.15, 0.2) is 6.29 Å². The predicted octanol–water partition coefficient (Wildman–Crippen LogP) is -2.04. The van der Waals surface area contributed by atoms with E-state index in [-0.39, 0.29) is 0 Å². The first-order chi connectivity index (χ1) is 7.93. The SMILES string of the molecule is NC(CCSC[C@H]1O[C@@H](O)C(O)C1O)C(=O)O. The molecule has 0 aromatic rings. The fourth-order valence-electron chi connectivity index (χ4n) is 1.40. The lowest BCUT2D eigenvalue weighted by molar-refractivity contribution is -0.138. The number of carboxylic acids is 1. The minimum atomic E-state index is -1.36. The zero-order valence-electron chi connectivity index (χ0n) is 9.10. The van der Waals surface area contributed by atoms with Gasteiger partial charge in [-0.3, -0.25) is 4.79 Å². The van der Waals surface area contributed by atoms with Crippen LogP contribution in [-0.2, 0) is 9.53 Å². The normalized spacial score (nSPS) is 34.8. The van der Waals surface area contributed by atoms with Crippen LogP contribution in [0.15, 0.2) is 0 Å². The molecule has 3 unspecified atom stereocenters. The Bertz CT molecular complexity index is 266. The Balaban J connectivity index is 2.17. The fraction of sp³-hybridized carbons (Fsp3) is 0.889. The standard InChI is InChI=1S/C9H17NO6S/c10-4(8(13)14)1-2-17-3-5-6(11)7(12)9(15)16-5/h4-7,9,11-12,15H,1-3,10H2,(H,13,14)/t4?,5-,6?,7?,9-/m1/s1. The second-order valence-corrected chi connectivity index (χ2v) is 5.00. The van der Waals surface area contributed by atoms with E-state index in [4.69, 9.17) is 20.7 Å². The average Bonchev–Trinajstić information content (AvgIpc) is 2.52. The van der Waals surface area contributed by atoms with E-state index < -0.39 is 36.6 Å². The van der Waals surface area contributed by atoms with Crippen LogP contribution in [0.25, 0.3) is 0 Å². The van der Waals surface area contributed by atoms with E-state index in [2.05, 4.69) is 0 Å². The molecule has 1 rings (SSSR count). The van der Waals surface area contributed by atoms with Crippen molar-refractivity contribution in [3.8, 4) is 0 Å². The number of rotatable bonds is 6. The molecular formula is C9H17NO6S. The van der Waals surface area contributed by atoms with E-state index in [0.29, 0.717) is 17.9 Å². The molecule has 0 aromatic heterocycles. The number of carboxylic acid groups (broad SMARTS) is 1. The van der Waals surface area contributed by atoms with Gasteiger partial charge in [0.25, 0.3) is 0 Å².